The fourth-order valence-electron chi connectivity index (χ4n) is 1.75. The van der Waals surface area contributed by atoms with Gasteiger partial charge in [0.1, 0.15) is 6.04 Å². The van der Waals surface area contributed by atoms with Gasteiger partial charge in [-0.25, -0.2) is 9.68 Å². The van der Waals surface area contributed by atoms with Crippen LogP contribution in [0.1, 0.15) is 20.8 Å². The molecule has 0 spiro atoms. The summed E-state index contributed by atoms with van der Waals surface area (Å²) >= 11 is 1.19. The monoisotopic (exact) mass is 249 g/mol. The third-order valence-corrected chi connectivity index (χ3v) is 3.76. The molecule has 2 atom stereocenters. The fourth-order valence-corrected chi connectivity index (χ4v) is 3.10. The van der Waals surface area contributed by atoms with E-state index in [0.717, 1.165) is 0 Å². The van der Waals surface area contributed by atoms with Crippen LogP contribution in [0, 0.1) is 0 Å². The standard InChI is InChI=1S/C9H15NO5S/c1-5(11)6-7(15-13)16-9(2,3)10(6)8(12)14-4/h6-7,13H,1-4H3/t6-,7+/m1/s1. The second-order valence-electron chi connectivity index (χ2n) is 3.93. The Balaban J connectivity index is 3.07. The van der Waals surface area contributed by atoms with Gasteiger partial charge in [0.15, 0.2) is 11.2 Å². The summed E-state index contributed by atoms with van der Waals surface area (Å²) in [5, 5.41) is 8.74. The molecule has 0 radical (unpaired) electrons. The molecule has 1 aliphatic rings. The largest absolute Gasteiger partial charge is 0.453 e. The molecule has 0 aromatic carbocycles. The molecule has 1 aliphatic heterocycles. The van der Waals surface area contributed by atoms with Gasteiger partial charge >= 0.3 is 6.09 Å². The number of methoxy groups -OCH3 is 1. The first kappa shape index (κ1) is 13.3. The van der Waals surface area contributed by atoms with Crippen LogP contribution >= 0.6 is 11.8 Å². The Morgan fingerprint density at radius 3 is 2.38 bits per heavy atom. The van der Waals surface area contributed by atoms with Gasteiger partial charge in [-0.1, -0.05) is 11.8 Å². The van der Waals surface area contributed by atoms with Crippen LogP contribution in [0.25, 0.3) is 0 Å². The van der Waals surface area contributed by atoms with Crippen molar-refractivity contribution in [1.29, 1.82) is 0 Å². The number of rotatable bonds is 2. The predicted octanol–water partition coefficient (Wildman–Crippen LogP) is 1.31. The van der Waals surface area contributed by atoms with Crippen molar-refractivity contribution in [2.24, 2.45) is 0 Å². The Labute approximate surface area is 97.8 Å². The predicted molar refractivity (Wildman–Crippen MR) is 57.9 cm³/mol. The molecule has 1 heterocycles. The lowest BCUT2D eigenvalue weighted by atomic mass is 10.1. The van der Waals surface area contributed by atoms with Crippen molar-refractivity contribution in [2.75, 3.05) is 7.11 Å². The minimum absolute atomic E-state index is 0.262. The van der Waals surface area contributed by atoms with Crippen LogP contribution in [0.4, 0.5) is 4.79 Å². The molecule has 0 saturated carbocycles. The Morgan fingerprint density at radius 2 is 2.00 bits per heavy atom. The second kappa shape index (κ2) is 4.60. The first-order chi connectivity index (χ1) is 7.35. The Hall–Kier alpha value is -0.790. The summed E-state index contributed by atoms with van der Waals surface area (Å²) in [6.45, 7) is 4.85. The number of ether oxygens (including phenoxy) is 1. The molecular weight excluding hydrogens is 234 g/mol. The van der Waals surface area contributed by atoms with Crippen LogP contribution < -0.4 is 0 Å². The number of Topliss-reactive ketones (excluding diaryl/α,β-unsaturated/α-hetero) is 1. The maximum atomic E-state index is 11.6. The first-order valence-corrected chi connectivity index (χ1v) is 5.59. The molecule has 16 heavy (non-hydrogen) atoms. The van der Waals surface area contributed by atoms with Crippen LogP contribution in [-0.2, 0) is 14.4 Å². The average Bonchev–Trinajstić information content (AvgIpc) is 2.48. The number of hydrogen-bond donors (Lipinski definition) is 1. The van der Waals surface area contributed by atoms with E-state index in [-0.39, 0.29) is 5.78 Å². The summed E-state index contributed by atoms with van der Waals surface area (Å²) in [6.07, 6.45) is -0.614. The fraction of sp³-hybridized carbons (Fsp3) is 0.778. The van der Waals surface area contributed by atoms with Gasteiger partial charge < -0.3 is 4.74 Å². The lowest BCUT2D eigenvalue weighted by molar-refractivity contribution is -0.259. The molecule has 6 nitrogen and oxygen atoms in total. The molecule has 0 aromatic rings. The van der Waals surface area contributed by atoms with Gasteiger partial charge in [0, 0.05) is 0 Å². The van der Waals surface area contributed by atoms with Gasteiger partial charge in [-0.2, -0.15) is 0 Å². The van der Waals surface area contributed by atoms with Gasteiger partial charge in [0.2, 0.25) is 0 Å². The Bertz CT molecular complexity index is 306. The molecule has 1 fully saturated rings. The van der Waals surface area contributed by atoms with Gasteiger partial charge in [0.25, 0.3) is 0 Å². The van der Waals surface area contributed by atoms with Crippen molar-refractivity contribution < 1.29 is 24.5 Å². The van der Waals surface area contributed by atoms with E-state index >= 15 is 0 Å². The van der Waals surface area contributed by atoms with Gasteiger partial charge in [0.05, 0.1) is 12.0 Å². The van der Waals surface area contributed by atoms with E-state index in [4.69, 9.17) is 5.26 Å². The van der Waals surface area contributed by atoms with E-state index in [2.05, 4.69) is 9.62 Å². The van der Waals surface area contributed by atoms with E-state index in [1.54, 1.807) is 13.8 Å². The zero-order chi connectivity index (χ0) is 12.5. The third-order valence-electron chi connectivity index (χ3n) is 2.41. The maximum Gasteiger partial charge on any atom is 0.411 e. The molecular formula is C9H15NO5S. The molecule has 7 heteroatoms. The molecule has 1 N–H and O–H groups in total. The molecule has 1 amide bonds. The number of amides is 1. The number of carbonyl (C=O) groups excluding carboxylic acids is 2. The van der Waals surface area contributed by atoms with Gasteiger partial charge in [-0.05, 0) is 20.8 Å². The van der Waals surface area contributed by atoms with E-state index in [9.17, 15) is 9.59 Å². The third kappa shape index (κ3) is 2.16. The average molecular weight is 249 g/mol. The van der Waals surface area contributed by atoms with Crippen molar-refractivity contribution in [1.82, 2.24) is 4.90 Å². The number of carbonyl (C=O) groups is 2. The molecule has 1 saturated heterocycles. The molecule has 0 bridgehead atoms. The molecule has 1 rings (SSSR count). The van der Waals surface area contributed by atoms with Crippen LogP contribution in [0.15, 0.2) is 0 Å². The first-order valence-electron chi connectivity index (χ1n) is 4.71. The van der Waals surface area contributed by atoms with Crippen molar-refractivity contribution in [3.63, 3.8) is 0 Å². The summed E-state index contributed by atoms with van der Waals surface area (Å²) in [5.74, 6) is -0.262. The summed E-state index contributed by atoms with van der Waals surface area (Å²) in [5.41, 5.74) is -0.786. The number of hydrogen-bond acceptors (Lipinski definition) is 6. The van der Waals surface area contributed by atoms with Crippen LogP contribution in [0.3, 0.4) is 0 Å². The summed E-state index contributed by atoms with van der Waals surface area (Å²) in [7, 11) is 1.24. The van der Waals surface area contributed by atoms with Crippen LogP contribution in [-0.4, -0.2) is 45.5 Å². The number of ketones is 1. The van der Waals surface area contributed by atoms with Crippen LogP contribution in [0.5, 0.6) is 0 Å². The topological polar surface area (TPSA) is 76.1 Å². The smallest absolute Gasteiger partial charge is 0.411 e. The Morgan fingerprint density at radius 1 is 1.44 bits per heavy atom. The highest BCUT2D eigenvalue weighted by atomic mass is 32.2. The zero-order valence-corrected chi connectivity index (χ0v) is 10.4. The van der Waals surface area contributed by atoms with E-state index in [0.29, 0.717) is 0 Å². The highest BCUT2D eigenvalue weighted by Gasteiger charge is 2.53. The normalized spacial score (nSPS) is 27.9. The number of thioether (sulfide) groups is 1. The summed E-state index contributed by atoms with van der Waals surface area (Å²) in [6, 6.07) is -0.836. The van der Waals surface area contributed by atoms with Crippen molar-refractivity contribution in [3.05, 3.63) is 0 Å². The van der Waals surface area contributed by atoms with E-state index in [1.165, 1.54) is 30.7 Å². The summed E-state index contributed by atoms with van der Waals surface area (Å²) in [4.78, 5) is 27.9. The minimum atomic E-state index is -0.836. The maximum absolute atomic E-state index is 11.6. The van der Waals surface area contributed by atoms with Crippen molar-refractivity contribution >= 4 is 23.6 Å². The molecule has 92 valence electrons. The highest BCUT2D eigenvalue weighted by Crippen LogP contribution is 2.44. The van der Waals surface area contributed by atoms with Crippen molar-refractivity contribution in [3.8, 4) is 0 Å². The minimum Gasteiger partial charge on any atom is -0.453 e. The van der Waals surface area contributed by atoms with E-state index < -0.39 is 22.4 Å². The SMILES string of the molecule is COC(=O)N1[C@H](C(C)=O)[C@@H](OO)SC1(C)C. The summed E-state index contributed by atoms with van der Waals surface area (Å²) < 4.78 is 4.63. The Kier molecular flexibility index (Phi) is 3.82. The van der Waals surface area contributed by atoms with Crippen molar-refractivity contribution in [2.45, 2.75) is 37.1 Å². The van der Waals surface area contributed by atoms with Gasteiger partial charge in [-0.3, -0.25) is 15.0 Å². The molecule has 0 unspecified atom stereocenters. The highest BCUT2D eigenvalue weighted by molar-refractivity contribution is 8.01. The second-order valence-corrected chi connectivity index (χ2v) is 5.63. The van der Waals surface area contributed by atoms with Gasteiger partial charge in [-0.15, -0.1) is 0 Å². The zero-order valence-electron chi connectivity index (χ0n) is 9.59. The lowest BCUT2D eigenvalue weighted by Crippen LogP contribution is -2.50. The van der Waals surface area contributed by atoms with Crippen LogP contribution in [0.2, 0.25) is 0 Å². The number of nitrogens with zero attached hydrogens (tertiary/aromatic N) is 1. The quantitative estimate of drug-likeness (QED) is 0.587. The lowest BCUT2D eigenvalue weighted by Gasteiger charge is -2.31. The van der Waals surface area contributed by atoms with E-state index in [1.807, 2.05) is 0 Å². The molecule has 0 aliphatic carbocycles. The molecule has 0 aromatic heterocycles.